The van der Waals surface area contributed by atoms with Crippen molar-refractivity contribution in [2.24, 2.45) is 16.8 Å². The summed E-state index contributed by atoms with van der Waals surface area (Å²) in [5.74, 6) is 1.38. The Labute approximate surface area is 124 Å². The molecule has 0 spiro atoms. The van der Waals surface area contributed by atoms with Crippen molar-refractivity contribution in [2.45, 2.75) is 45.1 Å². The first-order chi connectivity index (χ1) is 9.63. The summed E-state index contributed by atoms with van der Waals surface area (Å²) in [7, 11) is 0. The van der Waals surface area contributed by atoms with E-state index >= 15 is 0 Å². The van der Waals surface area contributed by atoms with Gasteiger partial charge in [0.25, 0.3) is 0 Å². The number of nitrogens with zero attached hydrogens (tertiary/aromatic N) is 1. The molecule has 0 heterocycles. The van der Waals surface area contributed by atoms with Gasteiger partial charge in [-0.25, -0.2) is 0 Å². The van der Waals surface area contributed by atoms with Crippen molar-refractivity contribution >= 4 is 17.4 Å². The van der Waals surface area contributed by atoms with Crippen LogP contribution in [-0.2, 0) is 0 Å². The number of ether oxygens (including phenoxy) is 1. The van der Waals surface area contributed by atoms with Crippen molar-refractivity contribution in [2.75, 3.05) is 0 Å². The minimum absolute atomic E-state index is 0.0188. The molecule has 110 valence electrons. The second-order valence-corrected chi connectivity index (χ2v) is 5.74. The molecule has 20 heavy (non-hydrogen) atoms. The molecule has 0 amide bonds. The van der Waals surface area contributed by atoms with Crippen molar-refractivity contribution in [3.8, 4) is 5.75 Å². The number of benzene rings is 1. The molecular formula is C15H21ClN2O2. The van der Waals surface area contributed by atoms with Gasteiger partial charge in [-0.3, -0.25) is 0 Å². The molecular weight excluding hydrogens is 276 g/mol. The average Bonchev–Trinajstić information content (AvgIpc) is 2.48. The van der Waals surface area contributed by atoms with Gasteiger partial charge in [0.2, 0.25) is 0 Å². The largest absolute Gasteiger partial charge is 0.490 e. The Bertz CT molecular complexity index is 491. The second-order valence-electron chi connectivity index (χ2n) is 5.31. The quantitative estimate of drug-likeness (QED) is 0.384. The monoisotopic (exact) mass is 296 g/mol. The third kappa shape index (κ3) is 3.57. The molecule has 0 bridgehead atoms. The van der Waals surface area contributed by atoms with Gasteiger partial charge in [0.05, 0.1) is 11.7 Å². The highest BCUT2D eigenvalue weighted by molar-refractivity contribution is 6.31. The Hall–Kier alpha value is -1.42. The van der Waals surface area contributed by atoms with Crippen molar-refractivity contribution in [3.05, 3.63) is 28.8 Å². The van der Waals surface area contributed by atoms with E-state index in [1.807, 2.05) is 0 Å². The van der Waals surface area contributed by atoms with Gasteiger partial charge < -0.3 is 15.7 Å². The standard InChI is InChI=1S/C15H21ClN2O2/c1-2-10-4-3-5-12(8-10)20-14-7-6-11(16)9-13(14)15(17)18-19/h6-7,9-10,12,19H,2-5,8H2,1H3,(H2,17,18). The Morgan fingerprint density at radius 2 is 2.30 bits per heavy atom. The molecule has 1 saturated carbocycles. The van der Waals surface area contributed by atoms with E-state index in [9.17, 15) is 0 Å². The normalized spacial score (nSPS) is 23.6. The van der Waals surface area contributed by atoms with Crippen LogP contribution in [0.3, 0.4) is 0 Å². The van der Waals surface area contributed by atoms with Crippen LogP contribution in [0.25, 0.3) is 0 Å². The Morgan fingerprint density at radius 3 is 3.00 bits per heavy atom. The van der Waals surface area contributed by atoms with E-state index in [4.69, 9.17) is 27.3 Å². The molecule has 0 saturated heterocycles. The number of hydrogen-bond acceptors (Lipinski definition) is 3. The van der Waals surface area contributed by atoms with Crippen LogP contribution in [0.1, 0.15) is 44.6 Å². The topological polar surface area (TPSA) is 67.8 Å². The number of halogens is 1. The molecule has 1 aromatic carbocycles. The Balaban J connectivity index is 2.16. The maximum Gasteiger partial charge on any atom is 0.173 e. The van der Waals surface area contributed by atoms with Crippen molar-refractivity contribution in [1.82, 2.24) is 0 Å². The van der Waals surface area contributed by atoms with Crippen LogP contribution in [0.5, 0.6) is 5.75 Å². The van der Waals surface area contributed by atoms with Crippen LogP contribution in [-0.4, -0.2) is 17.1 Å². The molecule has 0 aliphatic heterocycles. The van der Waals surface area contributed by atoms with E-state index in [2.05, 4.69) is 12.1 Å². The summed E-state index contributed by atoms with van der Waals surface area (Å²) in [6, 6.07) is 5.20. The summed E-state index contributed by atoms with van der Waals surface area (Å²) in [5.41, 5.74) is 6.22. The molecule has 1 aromatic rings. The van der Waals surface area contributed by atoms with Gasteiger partial charge in [-0.15, -0.1) is 0 Å². The fourth-order valence-electron chi connectivity index (χ4n) is 2.76. The van der Waals surface area contributed by atoms with E-state index < -0.39 is 0 Å². The van der Waals surface area contributed by atoms with Gasteiger partial charge in [0, 0.05) is 5.02 Å². The number of oxime groups is 1. The van der Waals surface area contributed by atoms with Gasteiger partial charge in [0.1, 0.15) is 5.75 Å². The van der Waals surface area contributed by atoms with Crippen LogP contribution in [0, 0.1) is 5.92 Å². The minimum Gasteiger partial charge on any atom is -0.490 e. The molecule has 0 aromatic heterocycles. The lowest BCUT2D eigenvalue weighted by molar-refractivity contribution is 0.122. The highest BCUT2D eigenvalue weighted by atomic mass is 35.5. The number of amidine groups is 1. The van der Waals surface area contributed by atoms with E-state index in [0.29, 0.717) is 16.3 Å². The first kappa shape index (κ1) is 15.0. The zero-order chi connectivity index (χ0) is 14.5. The summed E-state index contributed by atoms with van der Waals surface area (Å²) in [6.45, 7) is 2.22. The minimum atomic E-state index is 0.0188. The summed E-state index contributed by atoms with van der Waals surface area (Å²) >= 11 is 5.96. The van der Waals surface area contributed by atoms with Crippen LogP contribution in [0.4, 0.5) is 0 Å². The zero-order valence-electron chi connectivity index (χ0n) is 11.7. The Morgan fingerprint density at radius 1 is 1.50 bits per heavy atom. The number of hydrogen-bond donors (Lipinski definition) is 2. The third-order valence-electron chi connectivity index (χ3n) is 3.93. The molecule has 5 heteroatoms. The maximum atomic E-state index is 8.85. The SMILES string of the molecule is CCC1CCCC(Oc2ccc(Cl)cc2C(N)=NO)C1. The Kier molecular flexibility index (Phi) is 5.12. The van der Waals surface area contributed by atoms with Crippen LogP contribution < -0.4 is 10.5 Å². The first-order valence-electron chi connectivity index (χ1n) is 7.08. The summed E-state index contributed by atoms with van der Waals surface area (Å²) < 4.78 is 6.07. The number of nitrogens with two attached hydrogens (primary N) is 1. The molecule has 0 radical (unpaired) electrons. The highest BCUT2D eigenvalue weighted by Crippen LogP contribution is 2.31. The average molecular weight is 297 g/mol. The predicted molar refractivity (Wildman–Crippen MR) is 80.6 cm³/mol. The van der Waals surface area contributed by atoms with Crippen LogP contribution in [0.15, 0.2) is 23.4 Å². The van der Waals surface area contributed by atoms with Gasteiger partial charge in [-0.1, -0.05) is 36.5 Å². The molecule has 1 fully saturated rings. The van der Waals surface area contributed by atoms with E-state index in [-0.39, 0.29) is 11.9 Å². The van der Waals surface area contributed by atoms with Crippen LogP contribution in [0.2, 0.25) is 5.02 Å². The van der Waals surface area contributed by atoms with Crippen molar-refractivity contribution in [3.63, 3.8) is 0 Å². The molecule has 1 aliphatic carbocycles. The molecule has 2 rings (SSSR count). The van der Waals surface area contributed by atoms with Gasteiger partial charge in [-0.05, 0) is 43.4 Å². The first-order valence-corrected chi connectivity index (χ1v) is 7.46. The second kappa shape index (κ2) is 6.84. The van der Waals surface area contributed by atoms with E-state index in [0.717, 1.165) is 18.8 Å². The molecule has 3 N–H and O–H groups in total. The molecule has 1 aliphatic rings. The smallest absolute Gasteiger partial charge is 0.173 e. The zero-order valence-corrected chi connectivity index (χ0v) is 12.4. The lowest BCUT2D eigenvalue weighted by Gasteiger charge is -2.29. The van der Waals surface area contributed by atoms with Gasteiger partial charge in [-0.2, -0.15) is 0 Å². The fourth-order valence-corrected chi connectivity index (χ4v) is 2.93. The summed E-state index contributed by atoms with van der Waals surface area (Å²) in [6.07, 6.45) is 5.97. The van der Waals surface area contributed by atoms with Gasteiger partial charge >= 0.3 is 0 Å². The fraction of sp³-hybridized carbons (Fsp3) is 0.533. The molecule has 2 unspecified atom stereocenters. The summed E-state index contributed by atoms with van der Waals surface area (Å²) in [5, 5.41) is 12.4. The van der Waals surface area contributed by atoms with Gasteiger partial charge in [0.15, 0.2) is 5.84 Å². The van der Waals surface area contributed by atoms with Crippen LogP contribution >= 0.6 is 11.6 Å². The lowest BCUT2D eigenvalue weighted by Crippen LogP contribution is -2.26. The number of rotatable bonds is 4. The third-order valence-corrected chi connectivity index (χ3v) is 4.17. The highest BCUT2D eigenvalue weighted by Gasteiger charge is 2.23. The maximum absolute atomic E-state index is 8.85. The van der Waals surface area contributed by atoms with E-state index in [1.54, 1.807) is 18.2 Å². The van der Waals surface area contributed by atoms with E-state index in [1.165, 1.54) is 19.3 Å². The molecule has 2 atom stereocenters. The predicted octanol–water partition coefficient (Wildman–Crippen LogP) is 3.78. The van der Waals surface area contributed by atoms with Crippen molar-refractivity contribution in [1.29, 1.82) is 0 Å². The summed E-state index contributed by atoms with van der Waals surface area (Å²) in [4.78, 5) is 0. The molecule has 4 nitrogen and oxygen atoms in total. The lowest BCUT2D eigenvalue weighted by atomic mass is 9.85. The van der Waals surface area contributed by atoms with Crippen molar-refractivity contribution < 1.29 is 9.94 Å².